The molecule has 1 atom stereocenters. The van der Waals surface area contributed by atoms with Crippen LogP contribution >= 0.6 is 0 Å². The minimum atomic E-state index is -0.536. The quantitative estimate of drug-likeness (QED) is 0.126. The average Bonchev–Trinajstić information content (AvgIpc) is 2.89. The van der Waals surface area contributed by atoms with Crippen LogP contribution < -0.4 is 27.2 Å². The molecule has 2 aromatic carbocycles. The predicted molar refractivity (Wildman–Crippen MR) is 135 cm³/mol. The normalized spacial score (nSPS) is 11.4. The van der Waals surface area contributed by atoms with Crippen molar-refractivity contribution in [3.63, 3.8) is 0 Å². The number of aryl methyl sites for hydroxylation is 1. The topological polar surface area (TPSA) is 145 Å². The number of aromatic nitrogens is 1. The van der Waals surface area contributed by atoms with E-state index < -0.39 is 6.04 Å². The van der Waals surface area contributed by atoms with Crippen LogP contribution in [0.2, 0.25) is 0 Å². The molecular formula is C26H31N7O2. The number of nitrogens with zero attached hydrogens (tertiary/aromatic N) is 1. The number of carbonyl (C=O) groups excluding carboxylic acids is 2. The molecule has 182 valence electrons. The summed E-state index contributed by atoms with van der Waals surface area (Å²) in [5, 5.41) is 12.9. The van der Waals surface area contributed by atoms with Gasteiger partial charge in [-0.2, -0.15) is 0 Å². The number of nitrogen functional groups attached to an aromatic ring is 1. The van der Waals surface area contributed by atoms with Crippen molar-refractivity contribution in [2.45, 2.75) is 32.0 Å². The number of hydrogen-bond donors (Lipinski definition) is 6. The van der Waals surface area contributed by atoms with Crippen LogP contribution in [-0.2, 0) is 29.1 Å². The summed E-state index contributed by atoms with van der Waals surface area (Å²) in [5.74, 6) is -0.569. The molecule has 9 nitrogen and oxygen atoms in total. The molecule has 3 aromatic rings. The van der Waals surface area contributed by atoms with Crippen molar-refractivity contribution in [1.82, 2.24) is 26.5 Å². The fraction of sp³-hybridized carbons (Fsp3) is 0.231. The average molecular weight is 474 g/mol. The molecule has 0 radical (unpaired) electrons. The summed E-state index contributed by atoms with van der Waals surface area (Å²) in [4.78, 5) is 29.4. The maximum atomic E-state index is 12.8. The van der Waals surface area contributed by atoms with Gasteiger partial charge in [-0.1, -0.05) is 60.7 Å². The highest BCUT2D eigenvalue weighted by molar-refractivity contribution is 5.94. The molecule has 0 aliphatic carbocycles. The van der Waals surface area contributed by atoms with Crippen LogP contribution in [0.4, 0.5) is 0 Å². The molecule has 7 N–H and O–H groups in total. The second-order valence-corrected chi connectivity index (χ2v) is 8.00. The van der Waals surface area contributed by atoms with Gasteiger partial charge in [-0.05, 0) is 36.1 Å². The van der Waals surface area contributed by atoms with E-state index in [1.807, 2.05) is 48.5 Å². The van der Waals surface area contributed by atoms with Crippen LogP contribution in [0.5, 0.6) is 0 Å². The molecule has 0 saturated carbocycles. The molecule has 0 fully saturated rings. The lowest BCUT2D eigenvalue weighted by atomic mass is 10.1. The lowest BCUT2D eigenvalue weighted by molar-refractivity contribution is -0.127. The summed E-state index contributed by atoms with van der Waals surface area (Å²) < 4.78 is 0. The predicted octanol–water partition coefficient (Wildman–Crippen LogP) is 1.39. The Labute approximate surface area is 205 Å². The summed E-state index contributed by atoms with van der Waals surface area (Å²) >= 11 is 0. The molecule has 0 bridgehead atoms. The number of hydrogen-bond acceptors (Lipinski definition) is 6. The van der Waals surface area contributed by atoms with Crippen molar-refractivity contribution in [3.8, 4) is 0 Å². The van der Waals surface area contributed by atoms with Crippen LogP contribution in [-0.4, -0.2) is 35.2 Å². The van der Waals surface area contributed by atoms with Gasteiger partial charge in [-0.15, -0.1) is 0 Å². The maximum absolute atomic E-state index is 12.8. The van der Waals surface area contributed by atoms with Gasteiger partial charge in [-0.3, -0.25) is 25.4 Å². The molecule has 9 heteroatoms. The Morgan fingerprint density at radius 3 is 2.31 bits per heavy atom. The van der Waals surface area contributed by atoms with Gasteiger partial charge in [0.25, 0.3) is 0 Å². The van der Waals surface area contributed by atoms with Gasteiger partial charge in [0.2, 0.25) is 11.8 Å². The minimum absolute atomic E-state index is 0.00625. The summed E-state index contributed by atoms with van der Waals surface area (Å²) in [6.45, 7) is 0.640. The Balaban J connectivity index is 1.48. The van der Waals surface area contributed by atoms with E-state index in [1.54, 1.807) is 30.5 Å². The first kappa shape index (κ1) is 25.5. The highest BCUT2D eigenvalue weighted by atomic mass is 16.2. The third-order valence-corrected chi connectivity index (χ3v) is 5.33. The Kier molecular flexibility index (Phi) is 9.91. The lowest BCUT2D eigenvalue weighted by Crippen LogP contribution is -2.51. The zero-order chi connectivity index (χ0) is 24.9. The van der Waals surface area contributed by atoms with Crippen molar-refractivity contribution < 1.29 is 9.59 Å². The zero-order valence-electron chi connectivity index (χ0n) is 19.5. The Hall–Kier alpha value is -4.08. The number of amides is 2. The summed E-state index contributed by atoms with van der Waals surface area (Å²) in [6.07, 6.45) is 2.97. The standard InChI is InChI=1S/C26H31N7O2/c27-25(28)21-12-9-20(10-13-21)16-30-24(34)18-31-26(35)23(14-11-19-6-2-1-3-7-19)33-32-17-22-8-4-5-15-29-22/h1-10,12-13,15,23,32-33H,11,14,16-18H2,(H3,27,28)(H,30,34)(H,31,35)/t23-/m1/s1. The Morgan fingerprint density at radius 2 is 1.63 bits per heavy atom. The van der Waals surface area contributed by atoms with E-state index in [0.29, 0.717) is 31.5 Å². The molecule has 2 amide bonds. The number of hydrazine groups is 1. The first-order chi connectivity index (χ1) is 17.0. The zero-order valence-corrected chi connectivity index (χ0v) is 19.5. The maximum Gasteiger partial charge on any atom is 0.239 e. The number of nitrogens with two attached hydrogens (primary N) is 1. The molecule has 35 heavy (non-hydrogen) atoms. The molecule has 3 rings (SSSR count). The van der Waals surface area contributed by atoms with Gasteiger partial charge in [0, 0.05) is 18.3 Å². The lowest BCUT2D eigenvalue weighted by Gasteiger charge is -2.19. The van der Waals surface area contributed by atoms with Gasteiger partial charge in [0.1, 0.15) is 11.9 Å². The molecule has 0 aliphatic heterocycles. The monoisotopic (exact) mass is 473 g/mol. The van der Waals surface area contributed by atoms with Gasteiger partial charge in [-0.25, -0.2) is 5.43 Å². The third-order valence-electron chi connectivity index (χ3n) is 5.33. The molecular weight excluding hydrogens is 442 g/mol. The number of nitrogens with one attached hydrogen (secondary N) is 5. The number of rotatable bonds is 13. The van der Waals surface area contributed by atoms with Crippen molar-refractivity contribution in [2.24, 2.45) is 5.73 Å². The van der Waals surface area contributed by atoms with Crippen LogP contribution in [0, 0.1) is 5.41 Å². The second-order valence-electron chi connectivity index (χ2n) is 8.00. The first-order valence-corrected chi connectivity index (χ1v) is 11.4. The highest BCUT2D eigenvalue weighted by Crippen LogP contribution is 2.06. The summed E-state index contributed by atoms with van der Waals surface area (Å²) in [6, 6.07) is 22.1. The summed E-state index contributed by atoms with van der Waals surface area (Å²) in [5.41, 5.74) is 15.1. The van der Waals surface area contributed by atoms with Gasteiger partial charge in [0.05, 0.1) is 18.8 Å². The summed E-state index contributed by atoms with van der Waals surface area (Å²) in [7, 11) is 0. The SMILES string of the molecule is N=C(N)c1ccc(CNC(=O)CNC(=O)[C@@H](CCc2ccccc2)NNCc2ccccn2)cc1. The number of benzene rings is 2. The van der Waals surface area contributed by atoms with Crippen molar-refractivity contribution >= 4 is 17.6 Å². The van der Waals surface area contributed by atoms with Crippen LogP contribution in [0.25, 0.3) is 0 Å². The van der Waals surface area contributed by atoms with E-state index in [0.717, 1.165) is 16.8 Å². The fourth-order valence-corrected chi connectivity index (χ4v) is 3.35. The van der Waals surface area contributed by atoms with E-state index in [2.05, 4.69) is 26.5 Å². The second kappa shape index (κ2) is 13.6. The number of carbonyl (C=O) groups is 2. The van der Waals surface area contributed by atoms with Crippen molar-refractivity contribution in [3.05, 3.63) is 101 Å². The molecule has 1 heterocycles. The molecule has 1 aromatic heterocycles. The molecule has 0 saturated heterocycles. The van der Waals surface area contributed by atoms with E-state index >= 15 is 0 Å². The van der Waals surface area contributed by atoms with Crippen LogP contribution in [0.3, 0.4) is 0 Å². The van der Waals surface area contributed by atoms with Crippen molar-refractivity contribution in [2.75, 3.05) is 6.54 Å². The molecule has 0 spiro atoms. The first-order valence-electron chi connectivity index (χ1n) is 11.4. The number of amidine groups is 1. The molecule has 0 unspecified atom stereocenters. The largest absolute Gasteiger partial charge is 0.384 e. The van der Waals surface area contributed by atoms with Gasteiger partial charge >= 0.3 is 0 Å². The third kappa shape index (κ3) is 9.00. The van der Waals surface area contributed by atoms with E-state index in [-0.39, 0.29) is 24.2 Å². The minimum Gasteiger partial charge on any atom is -0.384 e. The highest BCUT2D eigenvalue weighted by Gasteiger charge is 2.18. The van der Waals surface area contributed by atoms with E-state index in [4.69, 9.17) is 11.1 Å². The van der Waals surface area contributed by atoms with Gasteiger partial charge in [0.15, 0.2) is 0 Å². The number of pyridine rings is 1. The van der Waals surface area contributed by atoms with Crippen LogP contribution in [0.15, 0.2) is 79.0 Å². The smallest absolute Gasteiger partial charge is 0.239 e. The Morgan fingerprint density at radius 1 is 0.886 bits per heavy atom. The fourth-order valence-electron chi connectivity index (χ4n) is 3.35. The van der Waals surface area contributed by atoms with Crippen molar-refractivity contribution in [1.29, 1.82) is 5.41 Å². The molecule has 0 aliphatic rings. The van der Waals surface area contributed by atoms with Gasteiger partial charge < -0.3 is 16.4 Å². The van der Waals surface area contributed by atoms with E-state index in [1.165, 1.54) is 0 Å². The van der Waals surface area contributed by atoms with E-state index in [9.17, 15) is 9.59 Å². The van der Waals surface area contributed by atoms with Crippen LogP contribution in [0.1, 0.15) is 28.8 Å². The Bertz CT molecular complexity index is 1090.